The third kappa shape index (κ3) is 5.24. The van der Waals surface area contributed by atoms with E-state index >= 15 is 0 Å². The largest absolute Gasteiger partial charge is 0.494 e. The fourth-order valence-corrected chi connectivity index (χ4v) is 3.50. The number of nitrogens with zero attached hydrogens (tertiary/aromatic N) is 3. The van der Waals surface area contributed by atoms with E-state index < -0.39 is 0 Å². The second-order valence-corrected chi connectivity index (χ2v) is 7.53. The molecule has 164 valence electrons. The van der Waals surface area contributed by atoms with E-state index in [9.17, 15) is 4.79 Å². The average Bonchev–Trinajstić information content (AvgIpc) is 3.14. The summed E-state index contributed by atoms with van der Waals surface area (Å²) in [6.45, 7) is 5.76. The van der Waals surface area contributed by atoms with Crippen LogP contribution in [0.2, 0.25) is 0 Å². The van der Waals surface area contributed by atoms with Crippen LogP contribution in [0.5, 0.6) is 5.75 Å². The Bertz CT molecular complexity index is 1180. The zero-order chi connectivity index (χ0) is 22.3. The van der Waals surface area contributed by atoms with E-state index in [4.69, 9.17) is 9.72 Å². The molecule has 2 heterocycles. The summed E-state index contributed by atoms with van der Waals surface area (Å²) < 4.78 is 7.54. The van der Waals surface area contributed by atoms with Crippen LogP contribution in [0.25, 0.3) is 11.2 Å². The Balaban J connectivity index is 1.40. The van der Waals surface area contributed by atoms with Crippen molar-refractivity contribution in [2.45, 2.75) is 26.8 Å². The lowest BCUT2D eigenvalue weighted by atomic mass is 10.1. The molecule has 0 saturated carbocycles. The molecule has 0 radical (unpaired) electrons. The Morgan fingerprint density at radius 1 is 1.06 bits per heavy atom. The maximum absolute atomic E-state index is 12.3. The maximum Gasteiger partial charge on any atom is 0.319 e. The van der Waals surface area contributed by atoms with E-state index in [1.54, 1.807) is 6.20 Å². The maximum atomic E-state index is 12.3. The molecule has 0 fully saturated rings. The first-order valence-corrected chi connectivity index (χ1v) is 10.8. The third-order valence-electron chi connectivity index (χ3n) is 5.10. The quantitative estimate of drug-likeness (QED) is 0.431. The number of hydrogen-bond donors (Lipinski definition) is 2. The van der Waals surface area contributed by atoms with Crippen molar-refractivity contribution >= 4 is 22.9 Å². The molecular weight excluding hydrogens is 402 g/mol. The van der Waals surface area contributed by atoms with E-state index in [1.165, 1.54) is 11.1 Å². The minimum Gasteiger partial charge on any atom is -0.494 e. The number of carbonyl (C=O) groups excluding carboxylic acids is 1. The van der Waals surface area contributed by atoms with Crippen molar-refractivity contribution < 1.29 is 9.53 Å². The summed E-state index contributed by atoms with van der Waals surface area (Å²) in [4.78, 5) is 21.6. The van der Waals surface area contributed by atoms with E-state index in [-0.39, 0.29) is 6.03 Å². The topological polar surface area (TPSA) is 81.1 Å². The highest BCUT2D eigenvalue weighted by Gasteiger charge is 2.12. The Morgan fingerprint density at radius 3 is 2.59 bits per heavy atom. The van der Waals surface area contributed by atoms with Crippen LogP contribution < -0.4 is 15.4 Å². The van der Waals surface area contributed by atoms with Gasteiger partial charge in [0.15, 0.2) is 5.65 Å². The third-order valence-corrected chi connectivity index (χ3v) is 5.10. The summed E-state index contributed by atoms with van der Waals surface area (Å²) in [5.41, 5.74) is 4.82. The van der Waals surface area contributed by atoms with Crippen LogP contribution in [-0.4, -0.2) is 33.7 Å². The van der Waals surface area contributed by atoms with Crippen molar-refractivity contribution in [3.63, 3.8) is 0 Å². The highest BCUT2D eigenvalue weighted by molar-refractivity contribution is 5.89. The Morgan fingerprint density at radius 2 is 1.84 bits per heavy atom. The van der Waals surface area contributed by atoms with Crippen molar-refractivity contribution in [3.8, 4) is 5.75 Å². The number of nitrogens with one attached hydrogen (secondary N) is 2. The highest BCUT2D eigenvalue weighted by Crippen LogP contribution is 2.17. The lowest BCUT2D eigenvalue weighted by Crippen LogP contribution is -2.31. The number of ether oxygens (including phenoxy) is 1. The number of pyridine rings is 1. The summed E-state index contributed by atoms with van der Waals surface area (Å²) in [5.74, 6) is 1.67. The van der Waals surface area contributed by atoms with Gasteiger partial charge in [-0.05, 0) is 55.8 Å². The summed E-state index contributed by atoms with van der Waals surface area (Å²) in [7, 11) is 0. The number of carbonyl (C=O) groups is 1. The monoisotopic (exact) mass is 429 g/mol. The van der Waals surface area contributed by atoms with Crippen molar-refractivity contribution in [1.82, 2.24) is 19.9 Å². The Kier molecular flexibility index (Phi) is 6.65. The van der Waals surface area contributed by atoms with E-state index in [1.807, 2.05) is 43.3 Å². The summed E-state index contributed by atoms with van der Waals surface area (Å²) in [6, 6.07) is 19.3. The standard InChI is InChI=1S/C25H27N5O2/c1-3-32-21-12-10-20(11-13-21)28-25(31)27-16-14-23-29-22-5-4-15-26-24(22)30(23)17-19-8-6-18(2)7-9-19/h4-13,15H,3,14,16-17H2,1-2H3,(H2,27,28,31). The molecular formula is C25H27N5O2. The van der Waals surface area contributed by atoms with Gasteiger partial charge in [0.05, 0.1) is 13.2 Å². The molecule has 2 amide bonds. The molecule has 4 aromatic rings. The van der Waals surface area contributed by atoms with Crippen LogP contribution in [-0.2, 0) is 13.0 Å². The minimum atomic E-state index is -0.256. The average molecular weight is 430 g/mol. The molecule has 0 unspecified atom stereocenters. The van der Waals surface area contributed by atoms with E-state index in [0.717, 1.165) is 22.7 Å². The van der Waals surface area contributed by atoms with Crippen LogP contribution >= 0.6 is 0 Å². The molecule has 0 bridgehead atoms. The smallest absolute Gasteiger partial charge is 0.319 e. The number of urea groups is 1. The van der Waals surface area contributed by atoms with Gasteiger partial charge in [-0.25, -0.2) is 14.8 Å². The first-order valence-electron chi connectivity index (χ1n) is 10.8. The predicted molar refractivity (Wildman–Crippen MR) is 126 cm³/mol. The molecule has 7 nitrogen and oxygen atoms in total. The van der Waals surface area contributed by atoms with Crippen LogP contribution in [0.4, 0.5) is 10.5 Å². The second-order valence-electron chi connectivity index (χ2n) is 7.53. The van der Waals surface area contributed by atoms with Crippen molar-refractivity contribution in [2.24, 2.45) is 0 Å². The van der Waals surface area contributed by atoms with Gasteiger partial charge < -0.3 is 19.9 Å². The number of aryl methyl sites for hydroxylation is 1. The Labute approximate surface area is 187 Å². The van der Waals surface area contributed by atoms with Crippen molar-refractivity contribution in [3.05, 3.63) is 83.8 Å². The number of fused-ring (bicyclic) bond motifs is 1. The Hall–Kier alpha value is -3.87. The van der Waals surface area contributed by atoms with Crippen LogP contribution in [0, 0.1) is 6.92 Å². The molecule has 32 heavy (non-hydrogen) atoms. The van der Waals surface area contributed by atoms with Gasteiger partial charge in [0.1, 0.15) is 17.1 Å². The van der Waals surface area contributed by atoms with Crippen molar-refractivity contribution in [2.75, 3.05) is 18.5 Å². The fraction of sp³-hybridized carbons (Fsp3) is 0.240. The number of anilines is 1. The molecule has 4 rings (SSSR count). The van der Waals surface area contributed by atoms with Crippen molar-refractivity contribution in [1.29, 1.82) is 0 Å². The van der Waals surface area contributed by atoms with Gasteiger partial charge in [0, 0.05) is 24.8 Å². The van der Waals surface area contributed by atoms with Gasteiger partial charge in [-0.3, -0.25) is 0 Å². The second kappa shape index (κ2) is 9.96. The molecule has 0 aliphatic heterocycles. The molecule has 0 aliphatic carbocycles. The van der Waals surface area contributed by atoms with Crippen LogP contribution in [0.3, 0.4) is 0 Å². The molecule has 0 saturated heterocycles. The fourth-order valence-electron chi connectivity index (χ4n) is 3.50. The lowest BCUT2D eigenvalue weighted by molar-refractivity contribution is 0.252. The van der Waals surface area contributed by atoms with Gasteiger partial charge >= 0.3 is 6.03 Å². The number of rotatable bonds is 8. The van der Waals surface area contributed by atoms with Gasteiger partial charge in [-0.1, -0.05) is 29.8 Å². The normalized spacial score (nSPS) is 10.8. The van der Waals surface area contributed by atoms with Crippen LogP contribution in [0.15, 0.2) is 66.9 Å². The number of aromatic nitrogens is 3. The number of benzene rings is 2. The molecule has 2 aromatic heterocycles. The molecule has 0 atom stereocenters. The first-order chi connectivity index (χ1) is 15.6. The molecule has 2 N–H and O–H groups in total. The van der Waals surface area contributed by atoms with E-state index in [2.05, 4.69) is 51.4 Å². The van der Waals surface area contributed by atoms with Gasteiger partial charge in [0.25, 0.3) is 0 Å². The number of hydrogen-bond acceptors (Lipinski definition) is 4. The van der Waals surface area contributed by atoms with Crippen LogP contribution in [0.1, 0.15) is 23.9 Å². The van der Waals surface area contributed by atoms with Gasteiger partial charge in [-0.15, -0.1) is 0 Å². The molecule has 0 aliphatic rings. The lowest BCUT2D eigenvalue weighted by Gasteiger charge is -2.11. The minimum absolute atomic E-state index is 0.256. The summed E-state index contributed by atoms with van der Waals surface area (Å²) in [6.07, 6.45) is 2.38. The molecule has 7 heteroatoms. The van der Waals surface area contributed by atoms with E-state index in [0.29, 0.717) is 31.8 Å². The predicted octanol–water partition coefficient (Wildman–Crippen LogP) is 4.55. The zero-order valence-electron chi connectivity index (χ0n) is 18.3. The summed E-state index contributed by atoms with van der Waals surface area (Å²) >= 11 is 0. The van der Waals surface area contributed by atoms with Gasteiger partial charge in [0.2, 0.25) is 0 Å². The SMILES string of the molecule is CCOc1ccc(NC(=O)NCCc2nc3cccnc3n2Cc2ccc(C)cc2)cc1. The highest BCUT2D eigenvalue weighted by atomic mass is 16.5. The number of amides is 2. The number of imidazole rings is 1. The van der Waals surface area contributed by atoms with Gasteiger partial charge in [-0.2, -0.15) is 0 Å². The summed E-state index contributed by atoms with van der Waals surface area (Å²) in [5, 5.41) is 5.75. The molecule has 0 spiro atoms. The molecule has 2 aromatic carbocycles. The first kappa shape index (κ1) is 21.4. The zero-order valence-corrected chi connectivity index (χ0v) is 18.3.